The summed E-state index contributed by atoms with van der Waals surface area (Å²) in [6.07, 6.45) is 6.16. The standard InChI is InChI=1S/C18H18ClN5/c19-16-3-1-2-14(12-16)6-10-21-17-7-11-22-18(24-17)23-13-15-4-8-20-9-5-15/h1-5,7-9,11-12H,6,10,13H2,(H2,21,22,23,24). The molecule has 0 bridgehead atoms. The van der Waals surface area contributed by atoms with Crippen LogP contribution in [0.25, 0.3) is 0 Å². The maximum atomic E-state index is 5.99. The summed E-state index contributed by atoms with van der Waals surface area (Å²) in [6.45, 7) is 1.44. The smallest absolute Gasteiger partial charge is 0.224 e. The lowest BCUT2D eigenvalue weighted by molar-refractivity contribution is 0.990. The molecular weight excluding hydrogens is 322 g/mol. The first-order valence-corrected chi connectivity index (χ1v) is 8.11. The molecule has 2 N–H and O–H groups in total. The topological polar surface area (TPSA) is 62.7 Å². The molecule has 0 saturated heterocycles. The van der Waals surface area contributed by atoms with Gasteiger partial charge in [0.05, 0.1) is 0 Å². The monoisotopic (exact) mass is 339 g/mol. The van der Waals surface area contributed by atoms with Gasteiger partial charge in [-0.05, 0) is 47.9 Å². The zero-order valence-corrected chi connectivity index (χ0v) is 13.9. The van der Waals surface area contributed by atoms with E-state index in [2.05, 4.69) is 31.7 Å². The fraction of sp³-hybridized carbons (Fsp3) is 0.167. The van der Waals surface area contributed by atoms with Crippen LogP contribution in [0.5, 0.6) is 0 Å². The Balaban J connectivity index is 1.51. The first-order valence-electron chi connectivity index (χ1n) is 7.74. The number of nitrogens with zero attached hydrogens (tertiary/aromatic N) is 3. The summed E-state index contributed by atoms with van der Waals surface area (Å²) >= 11 is 5.99. The van der Waals surface area contributed by atoms with Gasteiger partial charge in [-0.25, -0.2) is 4.98 Å². The zero-order chi connectivity index (χ0) is 16.6. The molecule has 5 nitrogen and oxygen atoms in total. The highest BCUT2D eigenvalue weighted by atomic mass is 35.5. The van der Waals surface area contributed by atoms with Crippen LogP contribution >= 0.6 is 11.6 Å². The van der Waals surface area contributed by atoms with Crippen LogP contribution in [-0.2, 0) is 13.0 Å². The van der Waals surface area contributed by atoms with Crippen molar-refractivity contribution >= 4 is 23.4 Å². The second kappa shape index (κ2) is 8.26. The van der Waals surface area contributed by atoms with Crippen LogP contribution in [0.4, 0.5) is 11.8 Å². The first kappa shape index (κ1) is 16.2. The Morgan fingerprint density at radius 2 is 1.79 bits per heavy atom. The second-order valence-electron chi connectivity index (χ2n) is 5.28. The predicted octanol–water partition coefficient (Wildman–Crippen LogP) is 3.79. The summed E-state index contributed by atoms with van der Waals surface area (Å²) in [5.74, 6) is 1.39. The summed E-state index contributed by atoms with van der Waals surface area (Å²) < 4.78 is 0. The van der Waals surface area contributed by atoms with Crippen LogP contribution in [0.3, 0.4) is 0 Å². The van der Waals surface area contributed by atoms with E-state index in [1.165, 1.54) is 5.56 Å². The van der Waals surface area contributed by atoms with Gasteiger partial charge in [-0.2, -0.15) is 4.98 Å². The molecule has 3 aromatic rings. The fourth-order valence-corrected chi connectivity index (χ4v) is 2.46. The first-order chi connectivity index (χ1) is 11.8. The van der Waals surface area contributed by atoms with E-state index >= 15 is 0 Å². The molecular formula is C18H18ClN5. The van der Waals surface area contributed by atoms with E-state index in [1.54, 1.807) is 18.6 Å². The Bertz CT molecular complexity index is 779. The van der Waals surface area contributed by atoms with Crippen LogP contribution in [0.1, 0.15) is 11.1 Å². The normalized spacial score (nSPS) is 10.4. The Morgan fingerprint density at radius 3 is 2.62 bits per heavy atom. The third-order valence-corrected chi connectivity index (χ3v) is 3.70. The molecule has 1 aromatic carbocycles. The summed E-state index contributed by atoms with van der Waals surface area (Å²) in [7, 11) is 0. The number of anilines is 2. The van der Waals surface area contributed by atoms with Gasteiger partial charge in [0.1, 0.15) is 5.82 Å². The van der Waals surface area contributed by atoms with Crippen molar-refractivity contribution in [2.45, 2.75) is 13.0 Å². The number of hydrogen-bond acceptors (Lipinski definition) is 5. The third-order valence-electron chi connectivity index (χ3n) is 3.46. The average Bonchev–Trinajstić information content (AvgIpc) is 2.61. The largest absolute Gasteiger partial charge is 0.370 e. The van der Waals surface area contributed by atoms with Crippen molar-refractivity contribution in [2.75, 3.05) is 17.2 Å². The molecule has 0 saturated carbocycles. The summed E-state index contributed by atoms with van der Waals surface area (Å²) in [5, 5.41) is 7.28. The maximum Gasteiger partial charge on any atom is 0.224 e. The Labute approximate surface area is 146 Å². The van der Waals surface area contributed by atoms with Gasteiger partial charge in [0.2, 0.25) is 5.95 Å². The summed E-state index contributed by atoms with van der Waals surface area (Å²) in [6, 6.07) is 13.7. The number of rotatable bonds is 7. The minimum absolute atomic E-state index is 0.597. The molecule has 2 heterocycles. The lowest BCUT2D eigenvalue weighted by Gasteiger charge is -2.08. The number of hydrogen-bond donors (Lipinski definition) is 2. The van der Waals surface area contributed by atoms with E-state index in [-0.39, 0.29) is 0 Å². The molecule has 0 atom stereocenters. The Morgan fingerprint density at radius 1 is 0.917 bits per heavy atom. The van der Waals surface area contributed by atoms with Gasteiger partial charge in [-0.1, -0.05) is 23.7 Å². The zero-order valence-electron chi connectivity index (χ0n) is 13.1. The van der Waals surface area contributed by atoms with Crippen LogP contribution < -0.4 is 10.6 Å². The van der Waals surface area contributed by atoms with E-state index in [0.717, 1.165) is 29.4 Å². The quantitative estimate of drug-likeness (QED) is 0.685. The van der Waals surface area contributed by atoms with Crippen LogP contribution in [0.2, 0.25) is 5.02 Å². The minimum atomic E-state index is 0.597. The van der Waals surface area contributed by atoms with E-state index in [4.69, 9.17) is 11.6 Å². The van der Waals surface area contributed by atoms with Crippen molar-refractivity contribution in [1.29, 1.82) is 0 Å². The molecule has 122 valence electrons. The van der Waals surface area contributed by atoms with Gasteiger partial charge in [0.25, 0.3) is 0 Å². The number of halogens is 1. The predicted molar refractivity (Wildman–Crippen MR) is 97.2 cm³/mol. The third kappa shape index (κ3) is 4.93. The molecule has 6 heteroatoms. The number of aromatic nitrogens is 3. The highest BCUT2D eigenvalue weighted by molar-refractivity contribution is 6.30. The van der Waals surface area contributed by atoms with Crippen molar-refractivity contribution in [3.05, 3.63) is 77.2 Å². The minimum Gasteiger partial charge on any atom is -0.370 e. The van der Waals surface area contributed by atoms with Crippen molar-refractivity contribution in [3.8, 4) is 0 Å². The number of pyridine rings is 1. The number of benzene rings is 1. The van der Waals surface area contributed by atoms with Crippen molar-refractivity contribution in [1.82, 2.24) is 15.0 Å². The molecule has 0 amide bonds. The molecule has 2 aromatic heterocycles. The van der Waals surface area contributed by atoms with Gasteiger partial charge in [-0.15, -0.1) is 0 Å². The molecule has 0 aliphatic rings. The van der Waals surface area contributed by atoms with E-state index in [1.807, 2.05) is 36.4 Å². The highest BCUT2D eigenvalue weighted by Crippen LogP contribution is 2.12. The number of nitrogens with one attached hydrogen (secondary N) is 2. The van der Waals surface area contributed by atoms with Crippen molar-refractivity contribution in [2.24, 2.45) is 0 Å². The Hall–Kier alpha value is -2.66. The molecule has 0 radical (unpaired) electrons. The SMILES string of the molecule is Clc1cccc(CCNc2ccnc(NCc3ccncc3)n2)c1. The van der Waals surface area contributed by atoms with Gasteiger partial charge in [0.15, 0.2) is 0 Å². The van der Waals surface area contributed by atoms with Crippen molar-refractivity contribution < 1.29 is 0 Å². The van der Waals surface area contributed by atoms with Crippen LogP contribution in [-0.4, -0.2) is 21.5 Å². The van der Waals surface area contributed by atoms with E-state index < -0.39 is 0 Å². The molecule has 0 fully saturated rings. The Kier molecular flexibility index (Phi) is 5.58. The highest BCUT2D eigenvalue weighted by Gasteiger charge is 2.00. The lowest BCUT2D eigenvalue weighted by atomic mass is 10.1. The molecule has 0 unspecified atom stereocenters. The maximum absolute atomic E-state index is 5.99. The van der Waals surface area contributed by atoms with E-state index in [0.29, 0.717) is 12.5 Å². The van der Waals surface area contributed by atoms with E-state index in [9.17, 15) is 0 Å². The van der Waals surface area contributed by atoms with Crippen molar-refractivity contribution in [3.63, 3.8) is 0 Å². The molecule has 3 rings (SSSR count). The van der Waals surface area contributed by atoms with Gasteiger partial charge < -0.3 is 10.6 Å². The molecule has 24 heavy (non-hydrogen) atoms. The molecule has 0 aliphatic carbocycles. The lowest BCUT2D eigenvalue weighted by Crippen LogP contribution is -2.09. The average molecular weight is 340 g/mol. The molecule has 0 spiro atoms. The van der Waals surface area contributed by atoms with Crippen LogP contribution in [0, 0.1) is 0 Å². The molecule has 0 aliphatic heterocycles. The summed E-state index contributed by atoms with van der Waals surface area (Å²) in [5.41, 5.74) is 2.33. The summed E-state index contributed by atoms with van der Waals surface area (Å²) in [4.78, 5) is 12.7. The van der Waals surface area contributed by atoms with Gasteiger partial charge in [0, 0.05) is 36.7 Å². The van der Waals surface area contributed by atoms with Crippen LogP contribution in [0.15, 0.2) is 61.1 Å². The fourth-order valence-electron chi connectivity index (χ4n) is 2.25. The second-order valence-corrected chi connectivity index (χ2v) is 5.72. The van der Waals surface area contributed by atoms with Gasteiger partial charge >= 0.3 is 0 Å². The van der Waals surface area contributed by atoms with Gasteiger partial charge in [-0.3, -0.25) is 4.98 Å².